The van der Waals surface area contributed by atoms with Crippen molar-refractivity contribution in [1.82, 2.24) is 4.90 Å². The molecule has 0 aliphatic carbocycles. The average Bonchev–Trinajstić information content (AvgIpc) is 2.85. The first-order valence-corrected chi connectivity index (χ1v) is 6.30. The van der Waals surface area contributed by atoms with Gasteiger partial charge < -0.3 is 10.5 Å². The topological polar surface area (TPSA) is 62.3 Å². The average molecular weight is 247 g/mol. The molecule has 18 heavy (non-hydrogen) atoms. The number of rotatable bonds is 4. The van der Waals surface area contributed by atoms with E-state index in [1.165, 1.54) is 11.1 Å². The van der Waals surface area contributed by atoms with E-state index in [0.29, 0.717) is 6.04 Å². The quantitative estimate of drug-likeness (QED) is 0.626. The lowest BCUT2D eigenvalue weighted by atomic mass is 10.0. The second-order valence-corrected chi connectivity index (χ2v) is 4.99. The summed E-state index contributed by atoms with van der Waals surface area (Å²) in [7, 11) is 2.14. The Morgan fingerprint density at radius 3 is 2.89 bits per heavy atom. The van der Waals surface area contributed by atoms with Gasteiger partial charge in [0.25, 0.3) is 0 Å². The molecule has 1 saturated heterocycles. The molecule has 1 atom stereocenters. The van der Waals surface area contributed by atoms with E-state index in [1.807, 2.05) is 12.1 Å². The molecule has 3 N–H and O–H groups in total. The summed E-state index contributed by atoms with van der Waals surface area (Å²) in [6.07, 6.45) is 1.11. The Hall–Kier alpha value is -1.39. The number of nitrogens with zero attached hydrogens (tertiary/aromatic N) is 1. The third kappa shape index (κ3) is 2.89. The fourth-order valence-corrected chi connectivity index (χ4v) is 2.31. The van der Waals surface area contributed by atoms with Crippen LogP contribution in [0.3, 0.4) is 0 Å². The van der Waals surface area contributed by atoms with Crippen LogP contribution >= 0.6 is 0 Å². The van der Waals surface area contributed by atoms with Crippen molar-refractivity contribution in [2.24, 2.45) is 5.73 Å². The normalized spacial score (nSPS) is 19.4. The summed E-state index contributed by atoms with van der Waals surface area (Å²) in [6.45, 7) is 4.69. The number of aryl methyl sites for hydroxylation is 1. The smallest absolute Gasteiger partial charge is 0.122 e. The lowest BCUT2D eigenvalue weighted by Gasteiger charge is -2.23. The van der Waals surface area contributed by atoms with Gasteiger partial charge in [0.15, 0.2) is 0 Å². The zero-order valence-corrected chi connectivity index (χ0v) is 11.1. The number of nitrogens with two attached hydrogens (primary N) is 1. The van der Waals surface area contributed by atoms with E-state index >= 15 is 0 Å². The Labute approximate surface area is 108 Å². The van der Waals surface area contributed by atoms with Crippen molar-refractivity contribution in [2.75, 3.05) is 20.3 Å². The van der Waals surface area contributed by atoms with Crippen molar-refractivity contribution >= 4 is 5.84 Å². The van der Waals surface area contributed by atoms with Crippen LogP contribution < -0.4 is 5.73 Å². The van der Waals surface area contributed by atoms with Crippen LogP contribution in [-0.4, -0.2) is 37.0 Å². The van der Waals surface area contributed by atoms with Gasteiger partial charge in [-0.2, -0.15) is 0 Å². The largest absolute Gasteiger partial charge is 0.384 e. The molecule has 4 heteroatoms. The molecule has 1 unspecified atom stereocenters. The molecule has 1 aromatic rings. The highest BCUT2D eigenvalue weighted by atomic mass is 16.5. The summed E-state index contributed by atoms with van der Waals surface area (Å²) in [6, 6.07) is 6.50. The summed E-state index contributed by atoms with van der Waals surface area (Å²) in [4.78, 5) is 2.34. The molecular formula is C14H21N3O. The second-order valence-electron chi connectivity index (χ2n) is 4.99. The van der Waals surface area contributed by atoms with E-state index in [2.05, 4.69) is 24.9 Å². The van der Waals surface area contributed by atoms with Gasteiger partial charge in [-0.05, 0) is 37.6 Å². The van der Waals surface area contributed by atoms with Crippen LogP contribution in [0.25, 0.3) is 0 Å². The monoisotopic (exact) mass is 247 g/mol. The van der Waals surface area contributed by atoms with E-state index in [1.54, 1.807) is 0 Å². The molecule has 1 aromatic carbocycles. The number of hydrogen-bond acceptors (Lipinski definition) is 3. The predicted molar refractivity (Wildman–Crippen MR) is 72.9 cm³/mol. The summed E-state index contributed by atoms with van der Waals surface area (Å²) in [5.74, 6) is 0.127. The molecule has 0 radical (unpaired) electrons. The number of likely N-dealkylation sites (N-methyl/N-ethyl adjacent to an activating group) is 1. The van der Waals surface area contributed by atoms with Gasteiger partial charge in [0.2, 0.25) is 0 Å². The third-order valence-electron chi connectivity index (χ3n) is 3.60. The molecule has 0 amide bonds. The van der Waals surface area contributed by atoms with E-state index in [-0.39, 0.29) is 5.84 Å². The highest BCUT2D eigenvalue weighted by molar-refractivity contribution is 5.95. The lowest BCUT2D eigenvalue weighted by Crippen LogP contribution is -2.31. The first-order valence-electron chi connectivity index (χ1n) is 6.30. The molecule has 98 valence electrons. The number of hydrogen-bond donors (Lipinski definition) is 2. The molecule has 2 rings (SSSR count). The number of nitrogens with one attached hydrogen (secondary N) is 1. The Balaban J connectivity index is 2.06. The fraction of sp³-hybridized carbons (Fsp3) is 0.500. The molecule has 4 nitrogen and oxygen atoms in total. The van der Waals surface area contributed by atoms with E-state index < -0.39 is 0 Å². The summed E-state index contributed by atoms with van der Waals surface area (Å²) < 4.78 is 5.41. The Morgan fingerprint density at radius 2 is 2.33 bits per heavy atom. The summed E-state index contributed by atoms with van der Waals surface area (Å²) in [5, 5.41) is 7.43. The van der Waals surface area contributed by atoms with Crippen LogP contribution in [0.2, 0.25) is 0 Å². The summed E-state index contributed by atoms with van der Waals surface area (Å²) >= 11 is 0. The molecule has 0 spiro atoms. The van der Waals surface area contributed by atoms with Crippen LogP contribution in [0.15, 0.2) is 18.2 Å². The van der Waals surface area contributed by atoms with Crippen molar-refractivity contribution < 1.29 is 4.74 Å². The molecule has 0 bridgehead atoms. The lowest BCUT2D eigenvalue weighted by molar-refractivity contribution is 0.156. The Bertz CT molecular complexity index is 439. The van der Waals surface area contributed by atoms with E-state index in [4.69, 9.17) is 15.9 Å². The zero-order valence-electron chi connectivity index (χ0n) is 11.1. The first-order chi connectivity index (χ1) is 8.58. The molecule has 1 aliphatic heterocycles. The van der Waals surface area contributed by atoms with Gasteiger partial charge in [0.05, 0.1) is 6.61 Å². The van der Waals surface area contributed by atoms with Crippen molar-refractivity contribution in [2.45, 2.75) is 25.9 Å². The molecule has 0 saturated carbocycles. The zero-order chi connectivity index (χ0) is 13.1. The molecular weight excluding hydrogens is 226 g/mol. The van der Waals surface area contributed by atoms with Crippen molar-refractivity contribution in [3.8, 4) is 0 Å². The van der Waals surface area contributed by atoms with Gasteiger partial charge in [-0.3, -0.25) is 10.3 Å². The van der Waals surface area contributed by atoms with Crippen molar-refractivity contribution in [1.29, 1.82) is 5.41 Å². The number of nitrogen functional groups attached to an aromatic ring is 1. The molecule has 1 aliphatic rings. The minimum atomic E-state index is 0.127. The maximum Gasteiger partial charge on any atom is 0.122 e. The Kier molecular flexibility index (Phi) is 3.99. The second kappa shape index (κ2) is 5.50. The van der Waals surface area contributed by atoms with Gasteiger partial charge in [-0.1, -0.05) is 12.1 Å². The first kappa shape index (κ1) is 13.1. The van der Waals surface area contributed by atoms with Crippen LogP contribution in [0.1, 0.15) is 23.1 Å². The standard InChI is InChI=1S/C14H21N3O/c1-10-7-11(14(15)16)3-4-12(10)8-17(2)13-5-6-18-9-13/h3-4,7,13H,5-6,8-9H2,1-2H3,(H3,15,16). The van der Waals surface area contributed by atoms with Gasteiger partial charge in [-0.25, -0.2) is 0 Å². The van der Waals surface area contributed by atoms with Crippen LogP contribution in [0.5, 0.6) is 0 Å². The molecule has 0 aromatic heterocycles. The predicted octanol–water partition coefficient (Wildman–Crippen LogP) is 1.50. The van der Waals surface area contributed by atoms with Crippen LogP contribution in [0, 0.1) is 12.3 Å². The van der Waals surface area contributed by atoms with E-state index in [0.717, 1.165) is 31.7 Å². The maximum absolute atomic E-state index is 7.43. The minimum Gasteiger partial charge on any atom is -0.384 e. The Morgan fingerprint density at radius 1 is 1.56 bits per heavy atom. The maximum atomic E-state index is 7.43. The molecule has 1 fully saturated rings. The van der Waals surface area contributed by atoms with Crippen molar-refractivity contribution in [3.05, 3.63) is 34.9 Å². The fourth-order valence-electron chi connectivity index (χ4n) is 2.31. The van der Waals surface area contributed by atoms with Crippen molar-refractivity contribution in [3.63, 3.8) is 0 Å². The number of ether oxygens (including phenoxy) is 1. The highest BCUT2D eigenvalue weighted by Crippen LogP contribution is 2.17. The van der Waals surface area contributed by atoms with Crippen LogP contribution in [0.4, 0.5) is 0 Å². The SMILES string of the molecule is Cc1cc(C(=N)N)ccc1CN(C)C1CCOC1. The van der Waals surface area contributed by atoms with Gasteiger partial charge >= 0.3 is 0 Å². The van der Waals surface area contributed by atoms with Gasteiger partial charge in [0, 0.05) is 24.8 Å². The third-order valence-corrected chi connectivity index (χ3v) is 3.60. The number of amidine groups is 1. The number of benzene rings is 1. The summed E-state index contributed by atoms with van der Waals surface area (Å²) in [5.41, 5.74) is 8.76. The van der Waals surface area contributed by atoms with Crippen LogP contribution in [-0.2, 0) is 11.3 Å². The van der Waals surface area contributed by atoms with Gasteiger partial charge in [0.1, 0.15) is 5.84 Å². The molecule has 1 heterocycles. The highest BCUT2D eigenvalue weighted by Gasteiger charge is 2.20. The minimum absolute atomic E-state index is 0.127. The van der Waals surface area contributed by atoms with E-state index in [9.17, 15) is 0 Å². The van der Waals surface area contributed by atoms with Gasteiger partial charge in [-0.15, -0.1) is 0 Å².